The second-order valence-electron chi connectivity index (χ2n) is 6.34. The Morgan fingerprint density at radius 3 is 2.76 bits per heavy atom. The van der Waals surface area contributed by atoms with Gasteiger partial charge in [0.1, 0.15) is 0 Å². The maximum atomic E-state index is 10.9. The van der Waals surface area contributed by atoms with Gasteiger partial charge in [0.25, 0.3) is 0 Å². The predicted octanol–water partition coefficient (Wildman–Crippen LogP) is 4.08. The molecule has 0 aromatic heterocycles. The minimum absolute atomic E-state index is 0.279. The molecule has 2 rings (SSSR count). The number of hydrogen-bond acceptors (Lipinski definition) is 2. The number of carboxylic acid groups (broad SMARTS) is 1. The third kappa shape index (κ3) is 4.07. The minimum atomic E-state index is -0.681. The largest absolute Gasteiger partial charge is 0.481 e. The van der Waals surface area contributed by atoms with E-state index >= 15 is 0 Å². The fourth-order valence-corrected chi connectivity index (χ4v) is 3.35. The second kappa shape index (κ2) is 7.08. The summed E-state index contributed by atoms with van der Waals surface area (Å²) in [5.41, 5.74) is 4.01. The molecule has 1 fully saturated rings. The van der Waals surface area contributed by atoms with Crippen LogP contribution in [0, 0.1) is 13.8 Å². The van der Waals surface area contributed by atoms with E-state index in [1.54, 1.807) is 0 Å². The second-order valence-corrected chi connectivity index (χ2v) is 6.34. The molecule has 116 valence electrons. The first kappa shape index (κ1) is 16.0. The summed E-state index contributed by atoms with van der Waals surface area (Å²) in [6.07, 6.45) is 4.62. The van der Waals surface area contributed by atoms with Crippen molar-refractivity contribution in [3.05, 3.63) is 34.9 Å². The number of nitrogens with zero attached hydrogens (tertiary/aromatic N) is 1. The third-order valence-corrected chi connectivity index (χ3v) is 4.87. The van der Waals surface area contributed by atoms with E-state index in [9.17, 15) is 4.79 Å². The smallest absolute Gasteiger partial charge is 0.303 e. The quantitative estimate of drug-likeness (QED) is 0.887. The van der Waals surface area contributed by atoms with Gasteiger partial charge in [-0.1, -0.05) is 24.6 Å². The van der Waals surface area contributed by atoms with Crippen molar-refractivity contribution in [2.75, 3.05) is 6.54 Å². The predicted molar refractivity (Wildman–Crippen MR) is 85.5 cm³/mol. The molecule has 1 aromatic carbocycles. The SMILES string of the molecule is Cc1ccc(C(C)N2CCCCC2CCC(=O)O)cc1C. The lowest BCUT2D eigenvalue weighted by Crippen LogP contribution is -2.41. The van der Waals surface area contributed by atoms with Crippen molar-refractivity contribution in [3.63, 3.8) is 0 Å². The zero-order valence-corrected chi connectivity index (χ0v) is 13.4. The summed E-state index contributed by atoms with van der Waals surface area (Å²) < 4.78 is 0. The maximum absolute atomic E-state index is 10.9. The first-order chi connectivity index (χ1) is 9.99. The maximum Gasteiger partial charge on any atom is 0.303 e. The first-order valence-corrected chi connectivity index (χ1v) is 8.03. The Kier molecular flexibility index (Phi) is 5.40. The topological polar surface area (TPSA) is 40.5 Å². The average molecular weight is 289 g/mol. The van der Waals surface area contributed by atoms with Crippen LogP contribution in [-0.4, -0.2) is 28.6 Å². The van der Waals surface area contributed by atoms with Gasteiger partial charge < -0.3 is 5.11 Å². The van der Waals surface area contributed by atoms with Gasteiger partial charge in [-0.05, 0) is 63.3 Å². The van der Waals surface area contributed by atoms with Crippen LogP contribution in [0.15, 0.2) is 18.2 Å². The Bertz CT molecular complexity index is 498. The number of benzene rings is 1. The van der Waals surface area contributed by atoms with Crippen LogP contribution in [0.3, 0.4) is 0 Å². The number of piperidine rings is 1. The Balaban J connectivity index is 2.11. The summed E-state index contributed by atoms with van der Waals surface area (Å²) in [7, 11) is 0. The van der Waals surface area contributed by atoms with Crippen LogP contribution >= 0.6 is 0 Å². The van der Waals surface area contributed by atoms with Crippen molar-refractivity contribution in [1.82, 2.24) is 4.90 Å². The van der Waals surface area contributed by atoms with Gasteiger partial charge in [0, 0.05) is 18.5 Å². The lowest BCUT2D eigenvalue weighted by Gasteiger charge is -2.40. The van der Waals surface area contributed by atoms with Gasteiger partial charge in [-0.2, -0.15) is 0 Å². The fraction of sp³-hybridized carbons (Fsp3) is 0.611. The lowest BCUT2D eigenvalue weighted by molar-refractivity contribution is -0.137. The molecule has 0 saturated carbocycles. The van der Waals surface area contributed by atoms with Crippen molar-refractivity contribution in [2.24, 2.45) is 0 Å². The van der Waals surface area contributed by atoms with Crippen molar-refractivity contribution in [1.29, 1.82) is 0 Å². The summed E-state index contributed by atoms with van der Waals surface area (Å²) in [5, 5.41) is 8.93. The summed E-state index contributed by atoms with van der Waals surface area (Å²) in [6.45, 7) is 7.63. The van der Waals surface area contributed by atoms with Crippen LogP contribution in [0.2, 0.25) is 0 Å². The Hall–Kier alpha value is -1.35. The number of aliphatic carboxylic acids is 1. The molecule has 1 saturated heterocycles. The molecule has 0 bridgehead atoms. The molecule has 0 spiro atoms. The number of carboxylic acids is 1. The number of likely N-dealkylation sites (tertiary alicyclic amines) is 1. The molecule has 21 heavy (non-hydrogen) atoms. The van der Waals surface area contributed by atoms with Crippen LogP contribution < -0.4 is 0 Å². The molecule has 3 heteroatoms. The molecule has 1 aromatic rings. The Labute approximate surface area is 128 Å². The fourth-order valence-electron chi connectivity index (χ4n) is 3.35. The molecular weight excluding hydrogens is 262 g/mol. The van der Waals surface area contributed by atoms with Gasteiger partial charge in [0.2, 0.25) is 0 Å². The minimum Gasteiger partial charge on any atom is -0.481 e. The molecule has 0 radical (unpaired) electrons. The van der Waals surface area contributed by atoms with E-state index in [-0.39, 0.29) is 6.42 Å². The highest BCUT2D eigenvalue weighted by Crippen LogP contribution is 2.31. The van der Waals surface area contributed by atoms with Gasteiger partial charge in [0.15, 0.2) is 0 Å². The molecule has 1 aliphatic rings. The van der Waals surface area contributed by atoms with E-state index in [1.165, 1.54) is 29.5 Å². The van der Waals surface area contributed by atoms with Crippen molar-refractivity contribution in [3.8, 4) is 0 Å². The van der Waals surface area contributed by atoms with Gasteiger partial charge >= 0.3 is 5.97 Å². The van der Waals surface area contributed by atoms with Crippen molar-refractivity contribution >= 4 is 5.97 Å². The molecular formula is C18H27NO2. The molecule has 2 atom stereocenters. The van der Waals surface area contributed by atoms with E-state index in [1.807, 2.05) is 0 Å². The summed E-state index contributed by atoms with van der Waals surface area (Å²) >= 11 is 0. The highest BCUT2D eigenvalue weighted by atomic mass is 16.4. The van der Waals surface area contributed by atoms with Crippen LogP contribution in [-0.2, 0) is 4.79 Å². The van der Waals surface area contributed by atoms with E-state index in [0.717, 1.165) is 19.4 Å². The molecule has 1 heterocycles. The van der Waals surface area contributed by atoms with Crippen LogP contribution in [0.25, 0.3) is 0 Å². The zero-order valence-electron chi connectivity index (χ0n) is 13.4. The van der Waals surface area contributed by atoms with E-state index in [4.69, 9.17) is 5.11 Å². The summed E-state index contributed by atoms with van der Waals surface area (Å²) in [4.78, 5) is 13.4. The monoisotopic (exact) mass is 289 g/mol. The molecule has 2 unspecified atom stereocenters. The zero-order chi connectivity index (χ0) is 15.4. The van der Waals surface area contributed by atoms with Crippen molar-refractivity contribution < 1.29 is 9.90 Å². The number of aryl methyl sites for hydroxylation is 2. The average Bonchev–Trinajstić information content (AvgIpc) is 2.47. The molecule has 0 aliphatic carbocycles. The normalized spacial score (nSPS) is 21.2. The van der Waals surface area contributed by atoms with Crippen LogP contribution in [0.4, 0.5) is 0 Å². The highest BCUT2D eigenvalue weighted by Gasteiger charge is 2.27. The Morgan fingerprint density at radius 2 is 2.10 bits per heavy atom. The van der Waals surface area contributed by atoms with Gasteiger partial charge in [-0.25, -0.2) is 0 Å². The molecule has 3 nitrogen and oxygen atoms in total. The molecule has 1 aliphatic heterocycles. The lowest BCUT2D eigenvalue weighted by atomic mass is 9.93. The summed E-state index contributed by atoms with van der Waals surface area (Å²) in [5.74, 6) is -0.681. The van der Waals surface area contributed by atoms with Crippen LogP contribution in [0.1, 0.15) is 61.8 Å². The van der Waals surface area contributed by atoms with Gasteiger partial charge in [0.05, 0.1) is 0 Å². The van der Waals surface area contributed by atoms with Crippen molar-refractivity contribution in [2.45, 2.75) is 65.0 Å². The highest BCUT2D eigenvalue weighted by molar-refractivity contribution is 5.66. The molecule has 1 N–H and O–H groups in total. The number of rotatable bonds is 5. The van der Waals surface area contributed by atoms with Crippen LogP contribution in [0.5, 0.6) is 0 Å². The standard InChI is InChI=1S/C18H27NO2/c1-13-7-8-16(12-14(13)2)15(3)19-11-5-4-6-17(19)9-10-18(20)21/h7-8,12,15,17H,4-6,9-11H2,1-3H3,(H,20,21). The van der Waals surface area contributed by atoms with E-state index < -0.39 is 5.97 Å². The van der Waals surface area contributed by atoms with Gasteiger partial charge in [-0.15, -0.1) is 0 Å². The molecule has 0 amide bonds. The number of carbonyl (C=O) groups is 1. The third-order valence-electron chi connectivity index (χ3n) is 4.87. The summed E-state index contributed by atoms with van der Waals surface area (Å²) in [6, 6.07) is 7.46. The van der Waals surface area contributed by atoms with E-state index in [2.05, 4.69) is 43.9 Å². The number of hydrogen-bond donors (Lipinski definition) is 1. The van der Waals surface area contributed by atoms with E-state index in [0.29, 0.717) is 12.1 Å². The first-order valence-electron chi connectivity index (χ1n) is 8.03. The van der Waals surface area contributed by atoms with Gasteiger partial charge in [-0.3, -0.25) is 9.69 Å². The Morgan fingerprint density at radius 1 is 1.33 bits per heavy atom.